The average molecular weight is 494 g/mol. The predicted octanol–water partition coefficient (Wildman–Crippen LogP) is 4.60. The number of aromatic amines is 1. The minimum Gasteiger partial charge on any atom is -0.346 e. The Morgan fingerprint density at radius 2 is 2.06 bits per heavy atom. The topological polar surface area (TPSA) is 112 Å². The van der Waals surface area contributed by atoms with Crippen molar-refractivity contribution >= 4 is 50.9 Å². The monoisotopic (exact) mass is 493 g/mol. The fourth-order valence-corrected chi connectivity index (χ4v) is 4.04. The van der Waals surface area contributed by atoms with Crippen LogP contribution < -0.4 is 5.32 Å². The number of hydrogen-bond acceptors (Lipinski definition) is 5. The first-order chi connectivity index (χ1) is 16.4. The van der Waals surface area contributed by atoms with E-state index in [1.54, 1.807) is 30.3 Å². The second-order valence-electron chi connectivity index (χ2n) is 7.55. The molecule has 0 aliphatic carbocycles. The molecule has 0 saturated heterocycles. The summed E-state index contributed by atoms with van der Waals surface area (Å²) in [6.07, 6.45) is 2.83. The summed E-state index contributed by atoms with van der Waals surface area (Å²) in [4.78, 5) is 16.8. The Morgan fingerprint density at radius 3 is 2.88 bits per heavy atom. The van der Waals surface area contributed by atoms with Gasteiger partial charge in [0, 0.05) is 28.2 Å². The molecule has 0 bridgehead atoms. The summed E-state index contributed by atoms with van der Waals surface area (Å²) in [5.41, 5.74) is 2.25. The number of benzene rings is 2. The highest BCUT2D eigenvalue weighted by Crippen LogP contribution is 2.23. The molecule has 3 aromatic heterocycles. The number of carbonyl (C=O) groups is 1. The Hall–Kier alpha value is -4.00. The SMILES string of the molecule is N#Cc1nn(Cc2cc(F)c3ncc(Cl)cc3c2)cc1C(=O)NCc1[nH]nc2ccc(Cl)cc12. The van der Waals surface area contributed by atoms with Gasteiger partial charge in [-0.1, -0.05) is 23.2 Å². The maximum Gasteiger partial charge on any atom is 0.256 e. The molecule has 0 radical (unpaired) electrons. The fourth-order valence-electron chi connectivity index (χ4n) is 3.70. The van der Waals surface area contributed by atoms with Crippen LogP contribution in [0, 0.1) is 17.1 Å². The lowest BCUT2D eigenvalue weighted by molar-refractivity contribution is 0.0950. The van der Waals surface area contributed by atoms with Gasteiger partial charge in [-0.05, 0) is 42.0 Å². The second kappa shape index (κ2) is 8.74. The van der Waals surface area contributed by atoms with Crippen LogP contribution >= 0.6 is 23.2 Å². The molecule has 168 valence electrons. The number of halogens is 3. The number of rotatable bonds is 5. The van der Waals surface area contributed by atoms with E-state index < -0.39 is 11.7 Å². The van der Waals surface area contributed by atoms with Crippen molar-refractivity contribution in [3.05, 3.63) is 87.2 Å². The van der Waals surface area contributed by atoms with Gasteiger partial charge in [0.15, 0.2) is 5.69 Å². The van der Waals surface area contributed by atoms with Crippen molar-refractivity contribution < 1.29 is 9.18 Å². The molecule has 0 fully saturated rings. The molecule has 0 saturated carbocycles. The summed E-state index contributed by atoms with van der Waals surface area (Å²) in [6.45, 7) is 0.292. The van der Waals surface area contributed by atoms with Gasteiger partial charge in [0.2, 0.25) is 0 Å². The highest BCUT2D eigenvalue weighted by Gasteiger charge is 2.18. The van der Waals surface area contributed by atoms with Crippen molar-refractivity contribution in [1.82, 2.24) is 30.3 Å². The van der Waals surface area contributed by atoms with Gasteiger partial charge in [-0.25, -0.2) is 4.39 Å². The molecule has 0 spiro atoms. The molecule has 8 nitrogen and oxygen atoms in total. The smallest absolute Gasteiger partial charge is 0.256 e. The summed E-state index contributed by atoms with van der Waals surface area (Å²) >= 11 is 12.0. The Kier molecular flexibility index (Phi) is 5.61. The number of pyridine rings is 1. The lowest BCUT2D eigenvalue weighted by Crippen LogP contribution is -2.23. The minimum absolute atomic E-state index is 0.0408. The van der Waals surface area contributed by atoms with Crippen LogP contribution in [0.25, 0.3) is 21.8 Å². The summed E-state index contributed by atoms with van der Waals surface area (Å²) < 4.78 is 15.9. The Labute approximate surface area is 201 Å². The number of fused-ring (bicyclic) bond motifs is 2. The third-order valence-electron chi connectivity index (χ3n) is 5.24. The van der Waals surface area contributed by atoms with Crippen LogP contribution in [-0.2, 0) is 13.1 Å². The quantitative estimate of drug-likeness (QED) is 0.371. The van der Waals surface area contributed by atoms with Crippen LogP contribution in [0.1, 0.15) is 27.3 Å². The largest absolute Gasteiger partial charge is 0.346 e. The van der Waals surface area contributed by atoms with Crippen molar-refractivity contribution in [2.75, 3.05) is 0 Å². The molecule has 0 aliphatic heterocycles. The van der Waals surface area contributed by atoms with Crippen molar-refractivity contribution in [2.24, 2.45) is 0 Å². The van der Waals surface area contributed by atoms with Gasteiger partial charge in [-0.3, -0.25) is 19.6 Å². The maximum atomic E-state index is 14.5. The molecule has 2 aromatic carbocycles. The van der Waals surface area contributed by atoms with Crippen LogP contribution in [0.4, 0.5) is 4.39 Å². The first-order valence-corrected chi connectivity index (χ1v) is 10.8. The standard InChI is InChI=1S/C23H14Cl2FN7O/c24-14-1-2-19-16(6-14)21(31-30-19)9-29-23(34)17-11-33(32-20(17)7-27)10-12-3-13-5-15(25)8-28-22(13)18(26)4-12/h1-6,8,11H,9-10H2,(H,29,34)(H,30,31). The van der Waals surface area contributed by atoms with Gasteiger partial charge >= 0.3 is 0 Å². The van der Waals surface area contributed by atoms with Crippen LogP contribution in [0.2, 0.25) is 10.0 Å². The van der Waals surface area contributed by atoms with Crippen LogP contribution in [0.5, 0.6) is 0 Å². The first-order valence-electron chi connectivity index (χ1n) is 10.0. The molecule has 2 N–H and O–H groups in total. The lowest BCUT2D eigenvalue weighted by Gasteiger charge is -2.06. The molecule has 1 amide bonds. The molecule has 34 heavy (non-hydrogen) atoms. The van der Waals surface area contributed by atoms with Crippen LogP contribution in [0.3, 0.4) is 0 Å². The number of H-pyrrole nitrogens is 1. The third-order valence-corrected chi connectivity index (χ3v) is 5.68. The minimum atomic E-state index is -0.498. The van der Waals surface area contributed by atoms with E-state index in [-0.39, 0.29) is 29.9 Å². The van der Waals surface area contributed by atoms with Crippen molar-refractivity contribution in [3.8, 4) is 6.07 Å². The zero-order valence-electron chi connectivity index (χ0n) is 17.3. The molecular formula is C23H14Cl2FN7O. The lowest BCUT2D eigenvalue weighted by atomic mass is 10.1. The molecular weight excluding hydrogens is 480 g/mol. The van der Waals surface area contributed by atoms with E-state index in [2.05, 4.69) is 25.6 Å². The number of hydrogen-bond donors (Lipinski definition) is 2. The number of aromatic nitrogens is 5. The Balaban J connectivity index is 1.36. The van der Waals surface area contributed by atoms with E-state index >= 15 is 0 Å². The van der Waals surface area contributed by atoms with E-state index in [1.165, 1.54) is 23.1 Å². The maximum absolute atomic E-state index is 14.5. The van der Waals surface area contributed by atoms with Gasteiger partial charge < -0.3 is 5.32 Å². The van der Waals surface area contributed by atoms with E-state index in [0.29, 0.717) is 26.7 Å². The molecule has 0 atom stereocenters. The zero-order valence-corrected chi connectivity index (χ0v) is 18.8. The number of nitrogens with zero attached hydrogens (tertiary/aromatic N) is 5. The van der Waals surface area contributed by atoms with E-state index in [9.17, 15) is 14.4 Å². The molecule has 0 aliphatic rings. The molecule has 5 aromatic rings. The Morgan fingerprint density at radius 1 is 1.21 bits per heavy atom. The number of carbonyl (C=O) groups excluding carboxylic acids is 1. The summed E-state index contributed by atoms with van der Waals surface area (Å²) in [7, 11) is 0. The highest BCUT2D eigenvalue weighted by molar-refractivity contribution is 6.31. The van der Waals surface area contributed by atoms with Crippen molar-refractivity contribution in [2.45, 2.75) is 13.1 Å². The van der Waals surface area contributed by atoms with Gasteiger partial charge in [-0.2, -0.15) is 15.5 Å². The van der Waals surface area contributed by atoms with Gasteiger partial charge in [0.1, 0.15) is 17.4 Å². The first kappa shape index (κ1) is 21.8. The van der Waals surface area contributed by atoms with Crippen LogP contribution in [0.15, 0.2) is 48.8 Å². The van der Waals surface area contributed by atoms with E-state index in [4.69, 9.17) is 23.2 Å². The van der Waals surface area contributed by atoms with E-state index in [1.807, 2.05) is 6.07 Å². The summed E-state index contributed by atoms with van der Waals surface area (Å²) in [5.74, 6) is -0.977. The number of nitrogens with one attached hydrogen (secondary N) is 2. The molecule has 5 rings (SSSR count). The number of nitriles is 1. The average Bonchev–Trinajstić information content (AvgIpc) is 3.40. The number of amides is 1. The summed E-state index contributed by atoms with van der Waals surface area (Å²) in [6, 6.07) is 11.9. The van der Waals surface area contributed by atoms with Crippen molar-refractivity contribution in [3.63, 3.8) is 0 Å². The van der Waals surface area contributed by atoms with Crippen LogP contribution in [-0.4, -0.2) is 30.9 Å². The summed E-state index contributed by atoms with van der Waals surface area (Å²) in [5, 5.41) is 25.7. The van der Waals surface area contributed by atoms with Gasteiger partial charge in [0.05, 0.1) is 34.9 Å². The highest BCUT2D eigenvalue weighted by atomic mass is 35.5. The molecule has 3 heterocycles. The van der Waals surface area contributed by atoms with Gasteiger partial charge in [0.25, 0.3) is 5.91 Å². The molecule has 0 unspecified atom stereocenters. The third kappa shape index (κ3) is 4.17. The fraction of sp³-hybridized carbons (Fsp3) is 0.0870. The van der Waals surface area contributed by atoms with Crippen molar-refractivity contribution in [1.29, 1.82) is 5.26 Å². The normalized spacial score (nSPS) is 11.1. The zero-order chi connectivity index (χ0) is 23.8. The van der Waals surface area contributed by atoms with Gasteiger partial charge in [-0.15, -0.1) is 0 Å². The predicted molar refractivity (Wildman–Crippen MR) is 125 cm³/mol. The molecule has 11 heteroatoms. The Bertz CT molecular complexity index is 1620. The second-order valence-corrected chi connectivity index (χ2v) is 8.42. The van der Waals surface area contributed by atoms with E-state index in [0.717, 1.165) is 10.9 Å².